The number of nitrogens with one attached hydrogen (secondary N) is 1. The van der Waals surface area contributed by atoms with Gasteiger partial charge < -0.3 is 19.9 Å². The number of hydrogen-bond donors (Lipinski definition) is 1. The third kappa shape index (κ3) is 7.43. The molecule has 1 spiro atoms. The predicted octanol–water partition coefficient (Wildman–Crippen LogP) is 5.91. The molecule has 6 rings (SSSR count). The van der Waals surface area contributed by atoms with Crippen LogP contribution in [0.2, 0.25) is 0 Å². The minimum atomic E-state index is -0.740. The second kappa shape index (κ2) is 15.4. The van der Waals surface area contributed by atoms with Crippen LogP contribution in [0.5, 0.6) is 0 Å². The number of piperazine rings is 1. The Morgan fingerprint density at radius 1 is 0.979 bits per heavy atom. The van der Waals surface area contributed by atoms with E-state index in [1.54, 1.807) is 0 Å². The normalized spacial score (nSPS) is 22.7. The zero-order valence-corrected chi connectivity index (χ0v) is 29.4. The van der Waals surface area contributed by atoms with Gasteiger partial charge in [-0.3, -0.25) is 19.2 Å². The van der Waals surface area contributed by atoms with Crippen molar-refractivity contribution in [1.82, 2.24) is 29.8 Å². The lowest BCUT2D eigenvalue weighted by atomic mass is 9.79. The Labute approximate surface area is 286 Å². The maximum absolute atomic E-state index is 13.9. The lowest BCUT2D eigenvalue weighted by Gasteiger charge is -2.52. The van der Waals surface area contributed by atoms with Crippen LogP contribution in [0.3, 0.4) is 0 Å². The lowest BCUT2D eigenvalue weighted by molar-refractivity contribution is -0.162. The first-order valence-electron chi connectivity index (χ1n) is 18.6. The summed E-state index contributed by atoms with van der Waals surface area (Å²) in [6.07, 6.45) is 11.6. The molecule has 10 nitrogen and oxygen atoms in total. The Morgan fingerprint density at radius 3 is 2.38 bits per heavy atom. The molecule has 262 valence electrons. The van der Waals surface area contributed by atoms with Gasteiger partial charge in [-0.15, -0.1) is 0 Å². The minimum Gasteiger partial charge on any atom is -0.445 e. The second-order valence-electron chi connectivity index (χ2n) is 14.8. The molecule has 3 amide bonds. The van der Waals surface area contributed by atoms with E-state index >= 15 is 0 Å². The number of unbranched alkanes of at least 4 members (excludes halogenated alkanes) is 1. The standard InChI is InChI=1S/C38H56N6O4/c1-4-5-20-43-35(45)34(25-30-12-8-6-9-13-30)39-36(46)38(43)18-23-41(24-19-38)26-33-28(2)40-44(29(33)3)32-16-21-42(22-17-32)37(47)48-27-31-14-10-7-11-15-31/h7,10-11,14-15,30,32,34H,4-6,8-9,12-13,16-27H2,1-3H3,(H,39,46)/t34-/m0/s1. The monoisotopic (exact) mass is 660 g/mol. The van der Waals surface area contributed by atoms with Gasteiger partial charge in [0, 0.05) is 50.5 Å². The Hall–Kier alpha value is -3.40. The lowest BCUT2D eigenvalue weighted by Crippen LogP contribution is -2.73. The smallest absolute Gasteiger partial charge is 0.410 e. The van der Waals surface area contributed by atoms with Crippen molar-refractivity contribution in [3.8, 4) is 0 Å². The summed E-state index contributed by atoms with van der Waals surface area (Å²) < 4.78 is 7.74. The van der Waals surface area contributed by atoms with E-state index in [9.17, 15) is 14.4 Å². The molecule has 1 aromatic heterocycles. The first-order valence-corrected chi connectivity index (χ1v) is 18.6. The Bertz CT molecular complexity index is 1400. The largest absolute Gasteiger partial charge is 0.445 e. The van der Waals surface area contributed by atoms with Crippen LogP contribution >= 0.6 is 0 Å². The van der Waals surface area contributed by atoms with E-state index < -0.39 is 5.54 Å². The summed E-state index contributed by atoms with van der Waals surface area (Å²) in [5, 5.41) is 8.22. The van der Waals surface area contributed by atoms with Gasteiger partial charge in [0.2, 0.25) is 11.8 Å². The predicted molar refractivity (Wildman–Crippen MR) is 185 cm³/mol. The summed E-state index contributed by atoms with van der Waals surface area (Å²) in [5.74, 6) is 0.748. The molecule has 0 bridgehead atoms. The average molecular weight is 661 g/mol. The SMILES string of the molecule is CCCCN1C(=O)[C@H](CC2CCCCC2)NC(=O)C12CCN(Cc1c(C)nn(C3CCN(C(=O)OCc4ccccc4)CC3)c1C)CC2. The molecule has 1 atom stereocenters. The van der Waals surface area contributed by atoms with Gasteiger partial charge >= 0.3 is 6.09 Å². The number of carbonyl (C=O) groups excluding carboxylic acids is 3. The fourth-order valence-electron chi connectivity index (χ4n) is 8.62. The van der Waals surface area contributed by atoms with E-state index in [1.807, 2.05) is 40.1 Å². The zero-order chi connectivity index (χ0) is 33.7. The summed E-state index contributed by atoms with van der Waals surface area (Å²) in [6.45, 7) is 11.0. The maximum atomic E-state index is 13.9. The number of likely N-dealkylation sites (tertiary alicyclic amines) is 2. The number of hydrogen-bond acceptors (Lipinski definition) is 6. The van der Waals surface area contributed by atoms with E-state index in [2.05, 4.69) is 35.7 Å². The van der Waals surface area contributed by atoms with Crippen LogP contribution in [-0.4, -0.2) is 86.7 Å². The number of amides is 3. The summed E-state index contributed by atoms with van der Waals surface area (Å²) in [7, 11) is 0. The molecule has 4 fully saturated rings. The van der Waals surface area contributed by atoms with Crippen molar-refractivity contribution in [3.05, 3.63) is 52.8 Å². The van der Waals surface area contributed by atoms with Crippen molar-refractivity contribution in [3.63, 3.8) is 0 Å². The maximum Gasteiger partial charge on any atom is 0.410 e. The van der Waals surface area contributed by atoms with Crippen LogP contribution in [0.4, 0.5) is 4.79 Å². The summed E-state index contributed by atoms with van der Waals surface area (Å²) in [6, 6.07) is 9.65. The van der Waals surface area contributed by atoms with E-state index in [0.717, 1.165) is 63.0 Å². The fraction of sp³-hybridized carbons (Fsp3) is 0.684. The zero-order valence-electron chi connectivity index (χ0n) is 29.4. The van der Waals surface area contributed by atoms with Gasteiger partial charge in [-0.2, -0.15) is 5.10 Å². The Balaban J connectivity index is 1.04. The van der Waals surface area contributed by atoms with Crippen molar-refractivity contribution in [1.29, 1.82) is 0 Å². The molecule has 1 N–H and O–H groups in total. The first kappa shape index (κ1) is 34.5. The number of ether oxygens (including phenoxy) is 1. The van der Waals surface area contributed by atoms with Gasteiger partial charge in [0.15, 0.2) is 0 Å². The molecular weight excluding hydrogens is 604 g/mol. The molecule has 3 saturated heterocycles. The molecule has 1 aliphatic carbocycles. The van der Waals surface area contributed by atoms with Crippen LogP contribution in [-0.2, 0) is 27.5 Å². The third-order valence-electron chi connectivity index (χ3n) is 11.7. The van der Waals surface area contributed by atoms with Crippen molar-refractivity contribution in [2.24, 2.45) is 5.92 Å². The molecule has 0 unspecified atom stereocenters. The molecule has 48 heavy (non-hydrogen) atoms. The van der Waals surface area contributed by atoms with Crippen LogP contribution in [0.1, 0.15) is 113 Å². The highest BCUT2D eigenvalue weighted by molar-refractivity contribution is 6.00. The van der Waals surface area contributed by atoms with Gasteiger partial charge in [0.25, 0.3) is 0 Å². The number of carbonyl (C=O) groups is 3. The van der Waals surface area contributed by atoms with E-state index in [-0.39, 0.29) is 36.6 Å². The molecule has 4 aliphatic rings. The van der Waals surface area contributed by atoms with Gasteiger partial charge in [-0.1, -0.05) is 75.8 Å². The van der Waals surface area contributed by atoms with E-state index in [4.69, 9.17) is 9.84 Å². The van der Waals surface area contributed by atoms with Gasteiger partial charge in [0.05, 0.1) is 11.7 Å². The van der Waals surface area contributed by atoms with E-state index in [1.165, 1.54) is 43.4 Å². The first-order chi connectivity index (χ1) is 23.3. The van der Waals surface area contributed by atoms with Crippen molar-refractivity contribution >= 4 is 17.9 Å². The molecule has 0 radical (unpaired) electrons. The van der Waals surface area contributed by atoms with Gasteiger partial charge in [-0.05, 0) is 63.9 Å². The van der Waals surface area contributed by atoms with Crippen LogP contribution in [0.25, 0.3) is 0 Å². The number of nitrogens with zero attached hydrogens (tertiary/aromatic N) is 5. The van der Waals surface area contributed by atoms with Crippen molar-refractivity contribution in [2.45, 2.75) is 129 Å². The van der Waals surface area contributed by atoms with Crippen molar-refractivity contribution < 1.29 is 19.1 Å². The van der Waals surface area contributed by atoms with Crippen LogP contribution in [0.15, 0.2) is 30.3 Å². The van der Waals surface area contributed by atoms with Gasteiger partial charge in [0.1, 0.15) is 18.2 Å². The second-order valence-corrected chi connectivity index (χ2v) is 14.8. The molecule has 3 aliphatic heterocycles. The number of rotatable bonds is 10. The molecule has 1 aromatic carbocycles. The van der Waals surface area contributed by atoms with Crippen LogP contribution in [0, 0.1) is 19.8 Å². The van der Waals surface area contributed by atoms with Crippen LogP contribution < -0.4 is 5.32 Å². The highest BCUT2D eigenvalue weighted by atomic mass is 16.6. The molecule has 10 heteroatoms. The van der Waals surface area contributed by atoms with E-state index in [0.29, 0.717) is 38.4 Å². The average Bonchev–Trinajstić information content (AvgIpc) is 3.39. The highest BCUT2D eigenvalue weighted by Gasteiger charge is 2.53. The number of piperidine rings is 2. The molecule has 1 saturated carbocycles. The minimum absolute atomic E-state index is 0.0640. The Morgan fingerprint density at radius 2 is 1.69 bits per heavy atom. The van der Waals surface area contributed by atoms with Gasteiger partial charge in [-0.25, -0.2) is 4.79 Å². The summed E-state index contributed by atoms with van der Waals surface area (Å²) >= 11 is 0. The van der Waals surface area contributed by atoms with Crippen molar-refractivity contribution in [2.75, 3.05) is 32.7 Å². The Kier molecular flexibility index (Phi) is 11.1. The molecule has 4 heterocycles. The number of aryl methyl sites for hydroxylation is 1. The fourth-order valence-corrected chi connectivity index (χ4v) is 8.62. The molecular formula is C38H56N6O4. The summed E-state index contributed by atoms with van der Waals surface area (Å²) in [5.41, 5.74) is 3.71. The third-order valence-corrected chi connectivity index (χ3v) is 11.7. The summed E-state index contributed by atoms with van der Waals surface area (Å²) in [4.78, 5) is 46.8. The topological polar surface area (TPSA) is 100 Å². The number of aromatic nitrogens is 2. The number of benzene rings is 1. The highest BCUT2D eigenvalue weighted by Crippen LogP contribution is 2.37. The molecule has 2 aromatic rings. The quantitative estimate of drug-likeness (QED) is 0.341.